The van der Waals surface area contributed by atoms with Crippen LogP contribution in [0.25, 0.3) is 0 Å². The molecule has 0 radical (unpaired) electrons. The summed E-state index contributed by atoms with van der Waals surface area (Å²) in [6, 6.07) is 5.28. The lowest BCUT2D eigenvalue weighted by atomic mass is 10.1. The van der Waals surface area contributed by atoms with Gasteiger partial charge in [0.2, 0.25) is 5.91 Å². The first-order valence-electron chi connectivity index (χ1n) is 5.97. The molecule has 1 fully saturated rings. The third-order valence-electron chi connectivity index (χ3n) is 2.93. The van der Waals surface area contributed by atoms with Crippen molar-refractivity contribution in [3.8, 4) is 5.75 Å². The average Bonchev–Trinajstić information content (AvgIpc) is 2.42. The van der Waals surface area contributed by atoms with E-state index in [2.05, 4.69) is 10.6 Å². The molecule has 0 saturated carbocycles. The molecule has 1 aromatic rings. The van der Waals surface area contributed by atoms with Gasteiger partial charge < -0.3 is 20.1 Å². The average molecular weight is 287 g/mol. The van der Waals surface area contributed by atoms with Gasteiger partial charge in [-0.3, -0.25) is 4.79 Å². The van der Waals surface area contributed by atoms with E-state index in [9.17, 15) is 4.79 Å². The summed E-state index contributed by atoms with van der Waals surface area (Å²) in [7, 11) is 1.62. The van der Waals surface area contributed by atoms with Crippen molar-refractivity contribution in [1.82, 2.24) is 5.32 Å². The van der Waals surface area contributed by atoms with Crippen LogP contribution in [0.15, 0.2) is 18.2 Å². The van der Waals surface area contributed by atoms with Crippen molar-refractivity contribution in [2.24, 2.45) is 0 Å². The van der Waals surface area contributed by atoms with Crippen LogP contribution in [-0.2, 0) is 9.53 Å². The number of hydrogen-bond donors (Lipinski definition) is 2. The number of aryl methyl sites for hydroxylation is 1. The molecule has 106 valence electrons. The number of amides is 1. The topological polar surface area (TPSA) is 59.6 Å². The maximum atomic E-state index is 12.0. The van der Waals surface area contributed by atoms with Gasteiger partial charge in [0.1, 0.15) is 11.8 Å². The molecule has 1 heterocycles. The highest BCUT2D eigenvalue weighted by atomic mass is 35.5. The molecule has 1 aliphatic heterocycles. The molecule has 0 aromatic heterocycles. The van der Waals surface area contributed by atoms with Gasteiger partial charge in [0.25, 0.3) is 0 Å². The van der Waals surface area contributed by atoms with Crippen LogP contribution in [0.4, 0.5) is 5.69 Å². The number of morpholine rings is 1. The Morgan fingerprint density at radius 2 is 2.32 bits per heavy atom. The number of benzene rings is 1. The monoisotopic (exact) mass is 286 g/mol. The Labute approximate surface area is 119 Å². The number of nitrogens with one attached hydrogen (secondary N) is 2. The Bertz CT molecular complexity index is 434. The fourth-order valence-corrected chi connectivity index (χ4v) is 1.86. The quantitative estimate of drug-likeness (QED) is 0.881. The van der Waals surface area contributed by atoms with Crippen LogP contribution < -0.4 is 15.4 Å². The number of ether oxygens (including phenoxy) is 2. The number of methoxy groups -OCH3 is 1. The number of hydrogen-bond acceptors (Lipinski definition) is 4. The molecule has 1 saturated heterocycles. The zero-order valence-corrected chi connectivity index (χ0v) is 11.9. The van der Waals surface area contributed by atoms with Crippen LogP contribution in [0.2, 0.25) is 0 Å². The molecular weight excluding hydrogens is 268 g/mol. The van der Waals surface area contributed by atoms with E-state index in [4.69, 9.17) is 9.47 Å². The molecule has 19 heavy (non-hydrogen) atoms. The summed E-state index contributed by atoms with van der Waals surface area (Å²) in [4.78, 5) is 12.0. The number of rotatable bonds is 3. The Balaban J connectivity index is 0.00000180. The van der Waals surface area contributed by atoms with E-state index in [1.54, 1.807) is 7.11 Å². The predicted molar refractivity (Wildman–Crippen MR) is 76.2 cm³/mol. The first-order valence-corrected chi connectivity index (χ1v) is 5.97. The van der Waals surface area contributed by atoms with Gasteiger partial charge in [-0.15, -0.1) is 12.4 Å². The molecular formula is C13H19ClN2O3. The molecule has 0 bridgehead atoms. The lowest BCUT2D eigenvalue weighted by Gasteiger charge is -2.23. The molecule has 0 spiro atoms. The summed E-state index contributed by atoms with van der Waals surface area (Å²) in [5.41, 5.74) is 1.77. The highest BCUT2D eigenvalue weighted by Gasteiger charge is 2.21. The van der Waals surface area contributed by atoms with E-state index in [0.717, 1.165) is 17.0 Å². The molecule has 1 aromatic carbocycles. The maximum absolute atomic E-state index is 12.0. The van der Waals surface area contributed by atoms with Gasteiger partial charge in [-0.2, -0.15) is 0 Å². The highest BCUT2D eigenvalue weighted by Crippen LogP contribution is 2.21. The summed E-state index contributed by atoms with van der Waals surface area (Å²) in [5, 5.41) is 6.01. The van der Waals surface area contributed by atoms with Crippen molar-refractivity contribution in [2.75, 3.05) is 32.2 Å². The Morgan fingerprint density at radius 3 is 2.89 bits per heavy atom. The molecule has 1 amide bonds. The zero-order valence-electron chi connectivity index (χ0n) is 11.1. The molecule has 1 aliphatic rings. The first kappa shape index (κ1) is 15.8. The summed E-state index contributed by atoms with van der Waals surface area (Å²) < 4.78 is 10.4. The summed E-state index contributed by atoms with van der Waals surface area (Å²) in [6.07, 6.45) is 0. The summed E-state index contributed by atoms with van der Waals surface area (Å²) in [6.45, 7) is 3.72. The van der Waals surface area contributed by atoms with Crippen LogP contribution >= 0.6 is 12.4 Å². The van der Waals surface area contributed by atoms with Crippen LogP contribution in [0.5, 0.6) is 5.75 Å². The van der Waals surface area contributed by atoms with Crippen molar-refractivity contribution >= 4 is 24.0 Å². The number of anilines is 1. The second-order valence-corrected chi connectivity index (χ2v) is 4.25. The third-order valence-corrected chi connectivity index (χ3v) is 2.93. The van der Waals surface area contributed by atoms with E-state index in [1.165, 1.54) is 0 Å². The van der Waals surface area contributed by atoms with Crippen molar-refractivity contribution in [3.05, 3.63) is 23.8 Å². The summed E-state index contributed by atoms with van der Waals surface area (Å²) in [5.74, 6) is 0.715. The van der Waals surface area contributed by atoms with E-state index in [1.807, 2.05) is 25.1 Å². The van der Waals surface area contributed by atoms with E-state index in [0.29, 0.717) is 19.8 Å². The minimum absolute atomic E-state index is 0. The first-order chi connectivity index (χ1) is 8.70. The van der Waals surface area contributed by atoms with Crippen LogP contribution in [0.3, 0.4) is 0 Å². The van der Waals surface area contributed by atoms with Crippen LogP contribution in [0, 0.1) is 6.92 Å². The van der Waals surface area contributed by atoms with Gasteiger partial charge in [-0.1, -0.05) is 0 Å². The van der Waals surface area contributed by atoms with E-state index < -0.39 is 0 Å². The van der Waals surface area contributed by atoms with Crippen LogP contribution in [-0.4, -0.2) is 38.8 Å². The Kier molecular flexibility index (Phi) is 6.08. The predicted octanol–water partition coefficient (Wildman–Crippen LogP) is 1.35. The molecule has 2 N–H and O–H groups in total. The van der Waals surface area contributed by atoms with Gasteiger partial charge in [0, 0.05) is 12.2 Å². The van der Waals surface area contributed by atoms with Gasteiger partial charge in [0.15, 0.2) is 0 Å². The third kappa shape index (κ3) is 4.09. The van der Waals surface area contributed by atoms with Gasteiger partial charge in [0.05, 0.1) is 20.3 Å². The minimum atomic E-state index is -0.278. The number of carbonyl (C=O) groups is 1. The second-order valence-electron chi connectivity index (χ2n) is 4.25. The van der Waals surface area contributed by atoms with E-state index in [-0.39, 0.29) is 24.4 Å². The van der Waals surface area contributed by atoms with E-state index >= 15 is 0 Å². The Hall–Kier alpha value is -1.30. The molecule has 0 aliphatic carbocycles. The Morgan fingerprint density at radius 1 is 1.53 bits per heavy atom. The smallest absolute Gasteiger partial charge is 0.243 e. The van der Waals surface area contributed by atoms with Gasteiger partial charge in [-0.05, 0) is 30.7 Å². The van der Waals surface area contributed by atoms with Crippen molar-refractivity contribution in [3.63, 3.8) is 0 Å². The van der Waals surface area contributed by atoms with Crippen molar-refractivity contribution in [1.29, 1.82) is 0 Å². The molecule has 6 heteroatoms. The minimum Gasteiger partial charge on any atom is -0.497 e. The number of halogens is 1. The summed E-state index contributed by atoms with van der Waals surface area (Å²) >= 11 is 0. The highest BCUT2D eigenvalue weighted by molar-refractivity contribution is 5.95. The normalized spacial score (nSPS) is 18.3. The second kappa shape index (κ2) is 7.33. The van der Waals surface area contributed by atoms with Gasteiger partial charge >= 0.3 is 0 Å². The molecule has 2 rings (SSSR count). The standard InChI is InChI=1S/C13H18N2O3.ClH/c1-9-7-10(17-2)3-4-11(9)15-13(16)12-8-18-6-5-14-12;/h3-4,7,12,14H,5-6,8H2,1-2H3,(H,15,16);1H. The van der Waals surface area contributed by atoms with Crippen LogP contribution in [0.1, 0.15) is 5.56 Å². The lowest BCUT2D eigenvalue weighted by molar-refractivity contribution is -0.120. The van der Waals surface area contributed by atoms with Crippen molar-refractivity contribution < 1.29 is 14.3 Å². The van der Waals surface area contributed by atoms with Gasteiger partial charge in [-0.25, -0.2) is 0 Å². The molecule has 5 nitrogen and oxygen atoms in total. The lowest BCUT2D eigenvalue weighted by Crippen LogP contribution is -2.48. The largest absolute Gasteiger partial charge is 0.497 e. The number of carbonyl (C=O) groups excluding carboxylic acids is 1. The SMILES string of the molecule is COc1ccc(NC(=O)C2COCCN2)c(C)c1.Cl. The fraction of sp³-hybridized carbons (Fsp3) is 0.462. The molecule has 1 unspecified atom stereocenters. The van der Waals surface area contributed by atoms with Crippen molar-refractivity contribution in [2.45, 2.75) is 13.0 Å². The maximum Gasteiger partial charge on any atom is 0.243 e. The molecule has 1 atom stereocenters. The fourth-order valence-electron chi connectivity index (χ4n) is 1.86. The zero-order chi connectivity index (χ0) is 13.0.